The van der Waals surface area contributed by atoms with E-state index in [-0.39, 0.29) is 5.91 Å². The van der Waals surface area contributed by atoms with E-state index in [9.17, 15) is 4.79 Å². The summed E-state index contributed by atoms with van der Waals surface area (Å²) < 4.78 is 1.80. The summed E-state index contributed by atoms with van der Waals surface area (Å²) in [6, 6.07) is 5.74. The molecule has 4 rings (SSSR count). The molecule has 0 aromatic carbocycles. The number of amides is 1. The number of hydrogen-bond donors (Lipinski definition) is 1. The Balaban J connectivity index is 1.57. The molecular formula is C19H25N5O. The van der Waals surface area contributed by atoms with Crippen molar-refractivity contribution in [1.82, 2.24) is 25.0 Å². The molecule has 4 heterocycles. The number of nitrogens with zero attached hydrogens (tertiary/aromatic N) is 4. The van der Waals surface area contributed by atoms with Crippen LogP contribution < -0.4 is 5.32 Å². The number of nitrogens with one attached hydrogen (secondary N) is 1. The Labute approximate surface area is 148 Å². The standard InChI is InChI=1S/C19H25N5O/c1-2-17-16(13-22-24(17)18-5-3-4-8-21-18)19(25)23-9-6-14-11-20-12-15(14)7-10-23/h3-5,8,13-15,20H,2,6-7,9-12H2,1H3/t14-,15+. The molecule has 2 aromatic heterocycles. The van der Waals surface area contributed by atoms with Gasteiger partial charge in [-0.15, -0.1) is 0 Å². The van der Waals surface area contributed by atoms with Crippen LogP contribution in [0.4, 0.5) is 0 Å². The van der Waals surface area contributed by atoms with Gasteiger partial charge in [0.25, 0.3) is 5.91 Å². The van der Waals surface area contributed by atoms with Gasteiger partial charge in [-0.1, -0.05) is 13.0 Å². The molecule has 0 spiro atoms. The topological polar surface area (TPSA) is 63.1 Å². The van der Waals surface area contributed by atoms with Gasteiger partial charge in [0.1, 0.15) is 0 Å². The summed E-state index contributed by atoms with van der Waals surface area (Å²) in [6.45, 7) is 5.96. The molecule has 0 aliphatic carbocycles. The Morgan fingerprint density at radius 3 is 2.64 bits per heavy atom. The van der Waals surface area contributed by atoms with E-state index < -0.39 is 0 Å². The molecule has 2 fully saturated rings. The fraction of sp³-hybridized carbons (Fsp3) is 0.526. The number of rotatable bonds is 3. The van der Waals surface area contributed by atoms with E-state index in [1.165, 1.54) is 0 Å². The van der Waals surface area contributed by atoms with Crippen LogP contribution in [0.1, 0.15) is 35.8 Å². The Bertz CT molecular complexity index is 728. The lowest BCUT2D eigenvalue weighted by atomic mass is 9.92. The smallest absolute Gasteiger partial charge is 0.257 e. The summed E-state index contributed by atoms with van der Waals surface area (Å²) in [5.41, 5.74) is 1.66. The molecular weight excluding hydrogens is 314 g/mol. The van der Waals surface area contributed by atoms with Gasteiger partial charge in [-0.3, -0.25) is 4.79 Å². The van der Waals surface area contributed by atoms with E-state index in [0.29, 0.717) is 0 Å². The van der Waals surface area contributed by atoms with Crippen LogP contribution in [-0.2, 0) is 6.42 Å². The summed E-state index contributed by atoms with van der Waals surface area (Å²) in [7, 11) is 0. The highest BCUT2D eigenvalue weighted by Crippen LogP contribution is 2.28. The summed E-state index contributed by atoms with van der Waals surface area (Å²) in [5, 5.41) is 7.93. The van der Waals surface area contributed by atoms with Crippen molar-refractivity contribution in [2.24, 2.45) is 11.8 Å². The third-order valence-electron chi connectivity index (χ3n) is 5.61. The summed E-state index contributed by atoms with van der Waals surface area (Å²) in [6.07, 6.45) is 6.40. The first kappa shape index (κ1) is 16.3. The third-order valence-corrected chi connectivity index (χ3v) is 5.61. The van der Waals surface area contributed by atoms with Crippen molar-refractivity contribution in [3.8, 4) is 5.82 Å². The van der Waals surface area contributed by atoms with E-state index in [1.54, 1.807) is 17.1 Å². The summed E-state index contributed by atoms with van der Waals surface area (Å²) in [5.74, 6) is 2.32. The first-order valence-corrected chi connectivity index (χ1v) is 9.26. The average molecular weight is 339 g/mol. The van der Waals surface area contributed by atoms with Crippen molar-refractivity contribution in [3.63, 3.8) is 0 Å². The lowest BCUT2D eigenvalue weighted by Crippen LogP contribution is -2.33. The molecule has 2 saturated heterocycles. The molecule has 2 aromatic rings. The fourth-order valence-electron chi connectivity index (χ4n) is 4.16. The summed E-state index contributed by atoms with van der Waals surface area (Å²) in [4.78, 5) is 19.5. The van der Waals surface area contributed by atoms with Gasteiger partial charge in [-0.2, -0.15) is 5.10 Å². The van der Waals surface area contributed by atoms with Crippen LogP contribution >= 0.6 is 0 Å². The molecule has 25 heavy (non-hydrogen) atoms. The first-order chi connectivity index (χ1) is 12.3. The molecule has 2 aliphatic heterocycles. The molecule has 2 aliphatic rings. The maximum atomic E-state index is 13.1. The minimum atomic E-state index is 0.118. The quantitative estimate of drug-likeness (QED) is 0.928. The van der Waals surface area contributed by atoms with Crippen molar-refractivity contribution >= 4 is 5.91 Å². The predicted octanol–water partition coefficient (Wildman–Crippen LogP) is 1.90. The first-order valence-electron chi connectivity index (χ1n) is 9.26. The second kappa shape index (κ2) is 6.96. The van der Waals surface area contributed by atoms with E-state index in [0.717, 1.165) is 74.4 Å². The molecule has 0 radical (unpaired) electrons. The molecule has 0 unspecified atom stereocenters. The maximum absolute atomic E-state index is 13.1. The number of carbonyl (C=O) groups excluding carboxylic acids is 1. The zero-order valence-electron chi connectivity index (χ0n) is 14.7. The fourth-order valence-corrected chi connectivity index (χ4v) is 4.16. The van der Waals surface area contributed by atoms with Gasteiger partial charge in [0, 0.05) is 19.3 Å². The maximum Gasteiger partial charge on any atom is 0.257 e. The van der Waals surface area contributed by atoms with Crippen molar-refractivity contribution in [3.05, 3.63) is 41.9 Å². The van der Waals surface area contributed by atoms with Crippen LogP contribution in [0.2, 0.25) is 0 Å². The molecule has 2 atom stereocenters. The number of hydrogen-bond acceptors (Lipinski definition) is 4. The van der Waals surface area contributed by atoms with Crippen molar-refractivity contribution < 1.29 is 4.79 Å². The minimum Gasteiger partial charge on any atom is -0.339 e. The van der Waals surface area contributed by atoms with E-state index in [1.807, 2.05) is 23.1 Å². The number of pyridine rings is 1. The van der Waals surface area contributed by atoms with Crippen LogP contribution in [0.25, 0.3) is 5.82 Å². The van der Waals surface area contributed by atoms with E-state index in [2.05, 4.69) is 22.3 Å². The number of carbonyl (C=O) groups is 1. The number of fused-ring (bicyclic) bond motifs is 1. The molecule has 1 amide bonds. The number of likely N-dealkylation sites (tertiary alicyclic amines) is 1. The SMILES string of the molecule is CCc1c(C(=O)N2CC[C@@H]3CNC[C@@H]3CC2)cnn1-c1ccccn1. The lowest BCUT2D eigenvalue weighted by Gasteiger charge is -2.21. The van der Waals surface area contributed by atoms with Gasteiger partial charge >= 0.3 is 0 Å². The van der Waals surface area contributed by atoms with Gasteiger partial charge < -0.3 is 10.2 Å². The monoisotopic (exact) mass is 339 g/mol. The highest BCUT2D eigenvalue weighted by Gasteiger charge is 2.32. The van der Waals surface area contributed by atoms with Crippen LogP contribution in [0.3, 0.4) is 0 Å². The van der Waals surface area contributed by atoms with Crippen LogP contribution in [0.5, 0.6) is 0 Å². The van der Waals surface area contributed by atoms with E-state index >= 15 is 0 Å². The molecule has 0 bridgehead atoms. The van der Waals surface area contributed by atoms with E-state index in [4.69, 9.17) is 0 Å². The molecule has 0 saturated carbocycles. The highest BCUT2D eigenvalue weighted by molar-refractivity contribution is 5.95. The van der Waals surface area contributed by atoms with Crippen LogP contribution in [-0.4, -0.2) is 51.8 Å². The Morgan fingerprint density at radius 2 is 2.00 bits per heavy atom. The van der Waals surface area contributed by atoms with Crippen molar-refractivity contribution in [2.45, 2.75) is 26.2 Å². The Hall–Kier alpha value is -2.21. The molecule has 1 N–H and O–H groups in total. The third kappa shape index (κ3) is 3.06. The largest absolute Gasteiger partial charge is 0.339 e. The van der Waals surface area contributed by atoms with Crippen molar-refractivity contribution in [1.29, 1.82) is 0 Å². The molecule has 6 nitrogen and oxygen atoms in total. The van der Waals surface area contributed by atoms with Gasteiger partial charge in [0.15, 0.2) is 5.82 Å². The zero-order valence-corrected chi connectivity index (χ0v) is 14.7. The van der Waals surface area contributed by atoms with Gasteiger partial charge in [0.05, 0.1) is 17.5 Å². The lowest BCUT2D eigenvalue weighted by molar-refractivity contribution is 0.0757. The van der Waals surface area contributed by atoms with Gasteiger partial charge in [0.2, 0.25) is 0 Å². The zero-order chi connectivity index (χ0) is 17.2. The number of aromatic nitrogens is 3. The van der Waals surface area contributed by atoms with Gasteiger partial charge in [-0.25, -0.2) is 9.67 Å². The van der Waals surface area contributed by atoms with Gasteiger partial charge in [-0.05, 0) is 56.3 Å². The molecule has 6 heteroatoms. The Morgan fingerprint density at radius 1 is 1.24 bits per heavy atom. The minimum absolute atomic E-state index is 0.118. The summed E-state index contributed by atoms with van der Waals surface area (Å²) >= 11 is 0. The van der Waals surface area contributed by atoms with Crippen LogP contribution in [0.15, 0.2) is 30.6 Å². The Kier molecular flexibility index (Phi) is 4.53. The van der Waals surface area contributed by atoms with Crippen LogP contribution in [0, 0.1) is 11.8 Å². The second-order valence-electron chi connectivity index (χ2n) is 7.01. The average Bonchev–Trinajstić information content (AvgIpc) is 3.24. The molecule has 132 valence electrons. The predicted molar refractivity (Wildman–Crippen MR) is 95.7 cm³/mol. The normalized spacial score (nSPS) is 23.3. The van der Waals surface area contributed by atoms with Crippen molar-refractivity contribution in [2.75, 3.05) is 26.2 Å². The highest BCUT2D eigenvalue weighted by atomic mass is 16.2. The second-order valence-corrected chi connectivity index (χ2v) is 7.01.